The van der Waals surface area contributed by atoms with E-state index in [1.165, 1.54) is 4.88 Å². The van der Waals surface area contributed by atoms with Crippen LogP contribution in [0, 0.1) is 0 Å². The van der Waals surface area contributed by atoms with Crippen molar-refractivity contribution in [3.8, 4) is 5.75 Å². The lowest BCUT2D eigenvalue weighted by molar-refractivity contribution is -0.118. The number of hydrogen-bond acceptors (Lipinski definition) is 6. The summed E-state index contributed by atoms with van der Waals surface area (Å²) in [5, 5.41) is 11.9. The van der Waals surface area contributed by atoms with E-state index in [1.54, 1.807) is 24.5 Å². The summed E-state index contributed by atoms with van der Waals surface area (Å²) in [6.45, 7) is 0.379. The number of fused-ring (bicyclic) bond motifs is 3. The number of hydrogen-bond donors (Lipinski definition) is 3. The predicted octanol–water partition coefficient (Wildman–Crippen LogP) is 4.14. The van der Waals surface area contributed by atoms with Gasteiger partial charge in [0.15, 0.2) is 0 Å². The summed E-state index contributed by atoms with van der Waals surface area (Å²) in [6.07, 6.45) is 0.728. The summed E-state index contributed by atoms with van der Waals surface area (Å²) >= 11 is 1.63. The van der Waals surface area contributed by atoms with Crippen molar-refractivity contribution in [1.29, 1.82) is 0 Å². The van der Waals surface area contributed by atoms with Gasteiger partial charge in [-0.05, 0) is 30.0 Å². The fourth-order valence-electron chi connectivity index (χ4n) is 3.20. The van der Waals surface area contributed by atoms with E-state index in [2.05, 4.69) is 16.0 Å². The number of para-hydroxylation sites is 1. The molecular formula is C22H21N3O4S. The van der Waals surface area contributed by atoms with Crippen LogP contribution in [0.3, 0.4) is 0 Å². The molecule has 4 rings (SSSR count). The zero-order chi connectivity index (χ0) is 20.9. The molecule has 3 amide bonds. The number of thiophene rings is 1. The second-order valence-corrected chi connectivity index (χ2v) is 7.67. The zero-order valence-electron chi connectivity index (χ0n) is 16.4. The molecule has 8 heteroatoms. The lowest BCUT2D eigenvalue weighted by Crippen LogP contribution is -2.42. The van der Waals surface area contributed by atoms with Crippen LogP contribution in [0.2, 0.25) is 0 Å². The van der Waals surface area contributed by atoms with Crippen molar-refractivity contribution in [3.05, 3.63) is 58.8 Å². The Bertz CT molecular complexity index is 1180. The molecule has 30 heavy (non-hydrogen) atoms. The highest BCUT2D eigenvalue weighted by Crippen LogP contribution is 2.36. The highest BCUT2D eigenvalue weighted by atomic mass is 32.1. The number of ether oxygens (including phenoxy) is 1. The fraction of sp³-hybridized carbons (Fsp3) is 0.182. The Kier molecular flexibility index (Phi) is 5.85. The number of carbonyl (C=O) groups is 2. The molecule has 0 saturated carbocycles. The third-order valence-corrected chi connectivity index (χ3v) is 5.56. The van der Waals surface area contributed by atoms with Crippen LogP contribution < -0.4 is 20.7 Å². The Morgan fingerprint density at radius 3 is 2.73 bits per heavy atom. The minimum absolute atomic E-state index is 0.0829. The van der Waals surface area contributed by atoms with Crippen LogP contribution in [0.25, 0.3) is 21.9 Å². The van der Waals surface area contributed by atoms with Crippen LogP contribution in [-0.2, 0) is 11.2 Å². The number of nitrogens with one attached hydrogen (secondary N) is 3. The van der Waals surface area contributed by atoms with Crippen LogP contribution in [-0.4, -0.2) is 32.1 Å². The summed E-state index contributed by atoms with van der Waals surface area (Å²) < 4.78 is 11.3. The van der Waals surface area contributed by atoms with E-state index in [0.29, 0.717) is 23.6 Å². The van der Waals surface area contributed by atoms with Crippen LogP contribution in [0.4, 0.5) is 10.5 Å². The summed E-state index contributed by atoms with van der Waals surface area (Å²) in [5.74, 6) is 0.137. The van der Waals surface area contributed by atoms with E-state index in [0.717, 1.165) is 22.8 Å². The first kappa shape index (κ1) is 19.8. The summed E-state index contributed by atoms with van der Waals surface area (Å²) in [4.78, 5) is 25.2. The van der Waals surface area contributed by atoms with E-state index < -0.39 is 11.9 Å². The molecule has 0 fully saturated rings. The highest BCUT2D eigenvalue weighted by Gasteiger charge is 2.13. The molecule has 2 heterocycles. The van der Waals surface area contributed by atoms with Gasteiger partial charge in [-0.15, -0.1) is 11.3 Å². The van der Waals surface area contributed by atoms with E-state index >= 15 is 0 Å². The number of carbonyl (C=O) groups excluding carboxylic acids is 2. The lowest BCUT2D eigenvalue weighted by atomic mass is 10.1. The molecule has 2 aromatic heterocycles. The minimum Gasteiger partial charge on any atom is -0.495 e. The maximum absolute atomic E-state index is 12.1. The number of furan rings is 1. The second-order valence-electron chi connectivity index (χ2n) is 6.63. The van der Waals surface area contributed by atoms with Gasteiger partial charge in [-0.2, -0.15) is 0 Å². The molecule has 0 spiro atoms. The highest BCUT2D eigenvalue weighted by molar-refractivity contribution is 7.09. The van der Waals surface area contributed by atoms with Crippen LogP contribution >= 0.6 is 11.3 Å². The van der Waals surface area contributed by atoms with Gasteiger partial charge >= 0.3 is 6.03 Å². The summed E-state index contributed by atoms with van der Waals surface area (Å²) in [5.41, 5.74) is 2.08. The van der Waals surface area contributed by atoms with Crippen molar-refractivity contribution in [3.63, 3.8) is 0 Å². The molecule has 0 aliphatic carbocycles. The molecule has 154 valence electrons. The van der Waals surface area contributed by atoms with Crippen LogP contribution in [0.1, 0.15) is 4.88 Å². The van der Waals surface area contributed by atoms with Gasteiger partial charge in [0.25, 0.3) is 0 Å². The fourth-order valence-corrected chi connectivity index (χ4v) is 3.91. The van der Waals surface area contributed by atoms with E-state index in [4.69, 9.17) is 9.15 Å². The second kappa shape index (κ2) is 8.87. The molecular weight excluding hydrogens is 402 g/mol. The predicted molar refractivity (Wildman–Crippen MR) is 118 cm³/mol. The third-order valence-electron chi connectivity index (χ3n) is 4.63. The molecule has 0 radical (unpaired) electrons. The smallest absolute Gasteiger partial charge is 0.321 e. The van der Waals surface area contributed by atoms with E-state index in [-0.39, 0.29) is 6.54 Å². The maximum Gasteiger partial charge on any atom is 0.321 e. The normalized spacial score (nSPS) is 10.8. The van der Waals surface area contributed by atoms with Crippen molar-refractivity contribution >= 4 is 50.9 Å². The average Bonchev–Trinajstić information content (AvgIpc) is 3.38. The van der Waals surface area contributed by atoms with E-state index in [1.807, 2.05) is 47.8 Å². The number of imide groups is 1. The van der Waals surface area contributed by atoms with Crippen molar-refractivity contribution < 1.29 is 18.7 Å². The van der Waals surface area contributed by atoms with Gasteiger partial charge in [0.1, 0.15) is 16.9 Å². The Balaban J connectivity index is 1.35. The standard InChI is InChI=1S/C22H21N3O4S/c1-28-20-11-16-15-6-2-3-7-18(15)29-19(16)12-17(20)24-13-21(26)25-22(27)23-9-8-14-5-4-10-30-14/h2-7,10-12,24H,8-9,13H2,1H3,(H2,23,25,26,27). The first-order chi connectivity index (χ1) is 14.6. The molecule has 0 saturated heterocycles. The van der Waals surface area contributed by atoms with Crippen molar-refractivity contribution in [2.75, 3.05) is 25.5 Å². The first-order valence-corrected chi connectivity index (χ1v) is 10.3. The first-order valence-electron chi connectivity index (χ1n) is 9.47. The summed E-state index contributed by atoms with van der Waals surface area (Å²) in [6, 6.07) is 14.9. The zero-order valence-corrected chi connectivity index (χ0v) is 17.2. The molecule has 4 aromatic rings. The monoisotopic (exact) mass is 423 g/mol. The molecule has 0 atom stereocenters. The number of methoxy groups -OCH3 is 1. The SMILES string of the molecule is COc1cc2c(cc1NCC(=O)NC(=O)NCCc1cccs1)oc1ccccc12. The van der Waals surface area contributed by atoms with Gasteiger partial charge in [-0.3, -0.25) is 10.1 Å². The van der Waals surface area contributed by atoms with Crippen molar-refractivity contribution in [2.24, 2.45) is 0 Å². The number of rotatable bonds is 7. The lowest BCUT2D eigenvalue weighted by Gasteiger charge is -2.11. The quantitative estimate of drug-likeness (QED) is 0.416. The van der Waals surface area contributed by atoms with Crippen LogP contribution in [0.15, 0.2) is 58.3 Å². The number of anilines is 1. The third kappa shape index (κ3) is 4.38. The molecule has 0 bridgehead atoms. The largest absolute Gasteiger partial charge is 0.495 e. The summed E-state index contributed by atoms with van der Waals surface area (Å²) in [7, 11) is 1.57. The Morgan fingerprint density at radius 2 is 1.93 bits per heavy atom. The minimum atomic E-state index is -0.516. The molecule has 7 nitrogen and oxygen atoms in total. The van der Waals surface area contributed by atoms with Crippen LogP contribution in [0.5, 0.6) is 5.75 Å². The Morgan fingerprint density at radius 1 is 1.07 bits per heavy atom. The van der Waals surface area contributed by atoms with Gasteiger partial charge in [0.05, 0.1) is 19.3 Å². The molecule has 3 N–H and O–H groups in total. The molecule has 0 aliphatic heterocycles. The Hall–Kier alpha value is -3.52. The van der Waals surface area contributed by atoms with E-state index in [9.17, 15) is 9.59 Å². The number of amides is 3. The molecule has 2 aromatic carbocycles. The van der Waals surface area contributed by atoms with Gasteiger partial charge in [-0.1, -0.05) is 24.3 Å². The van der Waals surface area contributed by atoms with Crippen molar-refractivity contribution in [2.45, 2.75) is 6.42 Å². The molecule has 0 unspecified atom stereocenters. The van der Waals surface area contributed by atoms with Gasteiger partial charge in [-0.25, -0.2) is 4.79 Å². The Labute approximate surface area is 177 Å². The topological polar surface area (TPSA) is 92.6 Å². The number of benzene rings is 2. The average molecular weight is 423 g/mol. The van der Waals surface area contributed by atoms with Gasteiger partial charge in [0.2, 0.25) is 5.91 Å². The van der Waals surface area contributed by atoms with Crippen molar-refractivity contribution in [1.82, 2.24) is 10.6 Å². The molecule has 0 aliphatic rings. The number of urea groups is 1. The maximum atomic E-state index is 12.1. The van der Waals surface area contributed by atoms with Gasteiger partial charge in [0, 0.05) is 28.3 Å². The van der Waals surface area contributed by atoms with Gasteiger partial charge < -0.3 is 19.8 Å².